The summed E-state index contributed by atoms with van der Waals surface area (Å²) in [6.45, 7) is -2.32. The summed E-state index contributed by atoms with van der Waals surface area (Å²) in [5.74, 6) is -2.91. The molecule has 0 radical (unpaired) electrons. The third-order valence-electron chi connectivity index (χ3n) is 7.54. The monoisotopic (exact) mass is 975 g/mol. The molecule has 0 saturated heterocycles. The summed E-state index contributed by atoms with van der Waals surface area (Å²) in [7, 11) is -59.6. The van der Waals surface area contributed by atoms with E-state index in [1.165, 1.54) is 6.07 Å². The molecule has 0 aliphatic rings. The van der Waals surface area contributed by atoms with Crippen molar-refractivity contribution >= 4 is 66.7 Å². The van der Waals surface area contributed by atoms with Gasteiger partial charge in [-0.2, -0.15) is 0 Å². The van der Waals surface area contributed by atoms with Crippen LogP contribution in [0.4, 0.5) is 0 Å². The van der Waals surface area contributed by atoms with Crippen LogP contribution in [0.25, 0.3) is 0 Å². The maximum absolute atomic E-state index is 14.0. The third-order valence-corrected chi connectivity index (χ3v) is 22.8. The molecular formula is C19H41N3O26P8. The second-order valence-electron chi connectivity index (χ2n) is 11.7. The Bertz CT molecular complexity index is 1750. The largest absolute Gasteiger partial charge is 0.480 e. The van der Waals surface area contributed by atoms with Crippen LogP contribution in [0.5, 0.6) is 0 Å². The summed E-state index contributed by atoms with van der Waals surface area (Å²) >= 11 is 0. The maximum Gasteiger partial charge on any atom is 0.373 e. The van der Waals surface area contributed by atoms with E-state index in [1.54, 1.807) is 0 Å². The van der Waals surface area contributed by atoms with Crippen molar-refractivity contribution in [2.24, 2.45) is 0 Å². The second-order valence-corrected chi connectivity index (χ2v) is 26.8. The Balaban J connectivity index is 5.63. The molecule has 0 aliphatic heterocycles. The number of benzene rings is 1. The molecule has 328 valence electrons. The Morgan fingerprint density at radius 3 is 1.00 bits per heavy atom. The molecule has 1 aromatic carbocycles. The molecule has 1 aromatic rings. The van der Waals surface area contributed by atoms with Crippen LogP contribution in [0.3, 0.4) is 0 Å². The molecule has 0 heterocycles. The number of hydrogen-bond acceptors (Lipinski definition) is 12. The lowest BCUT2D eigenvalue weighted by Crippen LogP contribution is -2.76. The maximum atomic E-state index is 14.0. The van der Waals surface area contributed by atoms with Gasteiger partial charge in [-0.15, -0.1) is 0 Å². The van der Waals surface area contributed by atoms with Crippen LogP contribution in [0.2, 0.25) is 0 Å². The van der Waals surface area contributed by atoms with Gasteiger partial charge in [0.25, 0.3) is 10.3 Å². The third kappa shape index (κ3) is 10.8. The minimum Gasteiger partial charge on any atom is -0.480 e. The van der Waals surface area contributed by atoms with Crippen molar-refractivity contribution in [2.45, 2.75) is 60.5 Å². The fourth-order valence-corrected chi connectivity index (χ4v) is 20.0. The first kappa shape index (κ1) is 53.8. The summed E-state index contributed by atoms with van der Waals surface area (Å²) in [5.41, 5.74) is -9.31. The molecule has 0 spiro atoms. The summed E-state index contributed by atoms with van der Waals surface area (Å²) in [6, 6.07) is 1.15. The van der Waals surface area contributed by atoms with E-state index < -0.39 is 147 Å². The van der Waals surface area contributed by atoms with E-state index in [-0.39, 0.29) is 0 Å². The van der Waals surface area contributed by atoms with Gasteiger partial charge in [0.1, 0.15) is 6.04 Å². The van der Waals surface area contributed by atoms with Crippen molar-refractivity contribution < 1.29 is 125 Å². The lowest BCUT2D eigenvalue weighted by Gasteiger charge is -2.61. The Morgan fingerprint density at radius 1 is 0.536 bits per heavy atom. The molecule has 56 heavy (non-hydrogen) atoms. The van der Waals surface area contributed by atoms with Crippen molar-refractivity contribution in [3.05, 3.63) is 35.9 Å². The molecule has 0 aliphatic carbocycles. The quantitative estimate of drug-likeness (QED) is 0.0470. The normalized spacial score (nSPS) is 15.7. The lowest BCUT2D eigenvalue weighted by molar-refractivity contribution is -0.153. The van der Waals surface area contributed by atoms with Gasteiger partial charge in [-0.1, -0.05) is 44.2 Å². The lowest BCUT2D eigenvalue weighted by atomic mass is 10.0. The highest BCUT2D eigenvalue weighted by Crippen LogP contribution is 2.84. The van der Waals surface area contributed by atoms with Gasteiger partial charge in [-0.05, 0) is 24.8 Å². The van der Waals surface area contributed by atoms with Crippen LogP contribution in [-0.2, 0) is 47.7 Å². The van der Waals surface area contributed by atoms with Crippen LogP contribution in [0.1, 0.15) is 32.3 Å². The predicted molar refractivity (Wildman–Crippen MR) is 187 cm³/mol. The zero-order chi connectivity index (χ0) is 44.7. The fourth-order valence-electron chi connectivity index (χ4n) is 6.03. The van der Waals surface area contributed by atoms with Gasteiger partial charge in [0.05, 0.1) is 0 Å². The number of hydrogen-bond donors (Lipinski definition) is 17. The first-order chi connectivity index (χ1) is 24.7. The van der Waals surface area contributed by atoms with Crippen molar-refractivity contribution in [1.29, 1.82) is 0 Å². The number of carbonyl (C=O) groups is 1. The first-order valence-electron chi connectivity index (χ1n) is 14.7. The van der Waals surface area contributed by atoms with Gasteiger partial charge in [0.2, 0.25) is 11.0 Å². The summed E-state index contributed by atoms with van der Waals surface area (Å²) in [6.07, 6.45) is -3.88. The van der Waals surface area contributed by atoms with E-state index >= 15 is 0 Å². The SMILES string of the molecule is CCCN(C(P(=O)(O)O)P(=O)(O)O)C(N([C@@H](Cc1ccccc1)C(=O)O)C(N(CCC)C(P(=O)(O)O)P(=O)(O)O)(P(=O)(O)O)P(=O)(O)O)(P(=O)(O)O)P(=O)(O)O. The van der Waals surface area contributed by atoms with Gasteiger partial charge in [-0.3, -0.25) is 41.3 Å². The number of carboxylic acids is 1. The number of rotatable bonds is 22. The molecule has 0 unspecified atom stereocenters. The summed E-state index contributed by atoms with van der Waals surface area (Å²) in [4.78, 5) is 179. The molecular weight excluding hydrogens is 934 g/mol. The van der Waals surface area contributed by atoms with Gasteiger partial charge < -0.3 is 83.4 Å². The minimum atomic E-state index is -7.93. The van der Waals surface area contributed by atoms with Gasteiger partial charge >= 0.3 is 66.7 Å². The smallest absolute Gasteiger partial charge is 0.373 e. The van der Waals surface area contributed by atoms with E-state index in [4.69, 9.17) is 0 Å². The van der Waals surface area contributed by atoms with Crippen molar-refractivity contribution in [1.82, 2.24) is 14.7 Å². The van der Waals surface area contributed by atoms with Crippen LogP contribution in [-0.4, -0.2) is 145 Å². The van der Waals surface area contributed by atoms with E-state index in [1.807, 2.05) is 0 Å². The number of aliphatic carboxylic acids is 1. The highest BCUT2D eigenvalue weighted by molar-refractivity contribution is 7.75. The van der Waals surface area contributed by atoms with Crippen molar-refractivity contribution in [3.63, 3.8) is 0 Å². The Morgan fingerprint density at radius 2 is 0.804 bits per heavy atom. The number of carboxylic acid groups (broad SMARTS) is 1. The summed E-state index contributed by atoms with van der Waals surface area (Å²) in [5, 5.41) is -1.28. The molecule has 0 fully saturated rings. The van der Waals surface area contributed by atoms with Gasteiger partial charge in [0.15, 0.2) is 0 Å². The molecule has 0 saturated carbocycles. The Hall–Kier alpha value is -0.230. The van der Waals surface area contributed by atoms with E-state index in [0.717, 1.165) is 38.1 Å². The van der Waals surface area contributed by atoms with E-state index in [2.05, 4.69) is 0 Å². The van der Waals surface area contributed by atoms with Gasteiger partial charge in [-0.25, -0.2) is 14.7 Å². The van der Waals surface area contributed by atoms with E-state index in [0.29, 0.717) is 0 Å². The predicted octanol–water partition coefficient (Wildman–Crippen LogP) is -1.38. The molecule has 0 aromatic heterocycles. The molecule has 0 bridgehead atoms. The average molecular weight is 975 g/mol. The molecule has 37 heteroatoms. The highest BCUT2D eigenvalue weighted by atomic mass is 31.3. The first-order valence-corrected chi connectivity index (χ1v) is 27.9. The molecule has 1 rings (SSSR count). The van der Waals surface area contributed by atoms with Crippen molar-refractivity contribution in [2.75, 3.05) is 13.1 Å². The zero-order valence-electron chi connectivity index (χ0n) is 28.4. The van der Waals surface area contributed by atoms with Crippen LogP contribution >= 0.6 is 60.8 Å². The highest BCUT2D eigenvalue weighted by Gasteiger charge is 2.84. The fraction of sp³-hybridized carbons (Fsp3) is 0.632. The summed E-state index contributed by atoms with van der Waals surface area (Å²) < 4.78 is 108. The van der Waals surface area contributed by atoms with Crippen molar-refractivity contribution in [3.8, 4) is 0 Å². The van der Waals surface area contributed by atoms with Crippen LogP contribution in [0, 0.1) is 0 Å². The standard InChI is InChI=1S/C19H41N3O26P8/c1-3-10-20(16(49(25,26)27)50(28,29)30)18(53(37,38)39,54(40,41)42)22(14(15(23)24)12-13-8-6-5-7-9-13)19(55(43,44)45,56(46,47)48)21(11-4-2)17(51(31,32)33)52(34,35)36/h5-9,14,16-17H,3-4,10-12H2,1-2H3,(H,23,24)(H2,25,26,27)(H2,28,29,30)(H2,31,32,33)(H2,34,35,36)(H2,37,38,39)(H2,40,41,42)(H2,43,44,45)(H2,46,47,48)/t14-/m0/s1. The second kappa shape index (κ2) is 18.0. The molecule has 0 amide bonds. The Labute approximate surface area is 315 Å². The van der Waals surface area contributed by atoms with Crippen LogP contribution in [0.15, 0.2) is 30.3 Å². The topological polar surface area (TPSA) is 507 Å². The van der Waals surface area contributed by atoms with E-state index in [9.17, 15) is 125 Å². The zero-order valence-corrected chi connectivity index (χ0v) is 35.5. The molecule has 29 nitrogen and oxygen atoms in total. The number of nitrogens with zero attached hydrogens (tertiary/aromatic N) is 3. The molecule has 17 N–H and O–H groups in total. The van der Waals surface area contributed by atoms with Gasteiger partial charge in [0, 0.05) is 13.1 Å². The molecule has 1 atom stereocenters. The minimum absolute atomic E-state index is 0.576. The average Bonchev–Trinajstić information content (AvgIpc) is 2.90. The Kier molecular flexibility index (Phi) is 17.3. The van der Waals surface area contributed by atoms with Crippen LogP contribution < -0.4 is 0 Å².